The maximum Gasteiger partial charge on any atom is 0.259 e. The van der Waals surface area contributed by atoms with E-state index in [-0.39, 0.29) is 19.1 Å². The molecule has 28 heavy (non-hydrogen) atoms. The van der Waals surface area contributed by atoms with E-state index < -0.39 is 0 Å². The third kappa shape index (κ3) is 5.24. The molecule has 0 radical (unpaired) electrons. The predicted molar refractivity (Wildman–Crippen MR) is 122 cm³/mol. The SMILES string of the molecule is C#CCOc1ccc2ccccc2c1/C=N\NC(=O)CNc1ccc(I)cc1. The summed E-state index contributed by atoms with van der Waals surface area (Å²) in [4.78, 5) is 12.0. The van der Waals surface area contributed by atoms with Crippen LogP contribution in [0, 0.1) is 15.9 Å². The average molecular weight is 483 g/mol. The Balaban J connectivity index is 1.68. The van der Waals surface area contributed by atoms with Crippen molar-refractivity contribution in [1.82, 2.24) is 5.43 Å². The van der Waals surface area contributed by atoms with Crippen molar-refractivity contribution in [3.05, 3.63) is 69.8 Å². The molecule has 3 aromatic carbocycles. The number of ether oxygens (including phenoxy) is 1. The molecule has 0 aliphatic carbocycles. The van der Waals surface area contributed by atoms with Gasteiger partial charge in [0.05, 0.1) is 12.8 Å². The van der Waals surface area contributed by atoms with Crippen molar-refractivity contribution < 1.29 is 9.53 Å². The number of amides is 1. The van der Waals surface area contributed by atoms with E-state index in [0.717, 1.165) is 25.6 Å². The third-order valence-corrected chi connectivity index (χ3v) is 4.64. The normalized spacial score (nSPS) is 10.6. The van der Waals surface area contributed by atoms with Gasteiger partial charge in [-0.15, -0.1) is 6.42 Å². The Hall–Kier alpha value is -3.05. The third-order valence-electron chi connectivity index (χ3n) is 3.92. The summed E-state index contributed by atoms with van der Waals surface area (Å²) < 4.78 is 6.75. The van der Waals surface area contributed by atoms with Crippen molar-refractivity contribution >= 4 is 51.2 Å². The van der Waals surface area contributed by atoms with Crippen LogP contribution < -0.4 is 15.5 Å². The molecule has 0 spiro atoms. The van der Waals surface area contributed by atoms with Crippen LogP contribution in [-0.4, -0.2) is 25.3 Å². The number of nitrogens with one attached hydrogen (secondary N) is 2. The van der Waals surface area contributed by atoms with E-state index in [2.05, 4.69) is 44.4 Å². The first-order valence-corrected chi connectivity index (χ1v) is 9.64. The van der Waals surface area contributed by atoms with Crippen molar-refractivity contribution in [3.63, 3.8) is 0 Å². The minimum absolute atomic E-state index is 0.119. The van der Waals surface area contributed by atoms with Crippen LogP contribution in [-0.2, 0) is 4.79 Å². The van der Waals surface area contributed by atoms with Crippen LogP contribution in [0.4, 0.5) is 5.69 Å². The number of carbonyl (C=O) groups is 1. The number of benzene rings is 3. The Labute approximate surface area is 177 Å². The van der Waals surface area contributed by atoms with Gasteiger partial charge in [-0.1, -0.05) is 36.3 Å². The van der Waals surface area contributed by atoms with Crippen LogP contribution in [0.3, 0.4) is 0 Å². The summed E-state index contributed by atoms with van der Waals surface area (Å²) in [5.74, 6) is 2.82. The largest absolute Gasteiger partial charge is 0.480 e. The molecule has 3 aromatic rings. The fraction of sp³-hybridized carbons (Fsp3) is 0.0909. The standard InChI is InChI=1S/C22H18IN3O2/c1-2-13-28-21-12-7-16-5-3-4-6-19(16)20(21)14-25-26-22(27)15-24-18-10-8-17(23)9-11-18/h1,3-12,14,24H,13,15H2,(H,26,27)/b25-14-. The van der Waals surface area contributed by atoms with Gasteiger partial charge in [-0.3, -0.25) is 4.79 Å². The van der Waals surface area contributed by atoms with Gasteiger partial charge in [0.15, 0.2) is 0 Å². The predicted octanol–water partition coefficient (Wildman–Crippen LogP) is 4.02. The summed E-state index contributed by atoms with van der Waals surface area (Å²) in [6.07, 6.45) is 6.88. The van der Waals surface area contributed by atoms with Crippen molar-refractivity contribution in [1.29, 1.82) is 0 Å². The number of hydrogen-bond acceptors (Lipinski definition) is 4. The molecule has 1 amide bonds. The molecule has 2 N–H and O–H groups in total. The first kappa shape index (κ1) is 19.7. The zero-order valence-corrected chi connectivity index (χ0v) is 17.1. The van der Waals surface area contributed by atoms with E-state index >= 15 is 0 Å². The molecule has 0 atom stereocenters. The minimum Gasteiger partial charge on any atom is -0.480 e. The van der Waals surface area contributed by atoms with Gasteiger partial charge in [-0.2, -0.15) is 5.10 Å². The quantitative estimate of drug-likeness (QED) is 0.231. The van der Waals surface area contributed by atoms with Gasteiger partial charge in [0.1, 0.15) is 12.4 Å². The molecule has 0 unspecified atom stereocenters. The van der Waals surface area contributed by atoms with Gasteiger partial charge in [-0.05, 0) is 63.7 Å². The fourth-order valence-electron chi connectivity index (χ4n) is 2.61. The molecule has 0 aliphatic heterocycles. The maximum atomic E-state index is 12.0. The Morgan fingerprint density at radius 1 is 1.14 bits per heavy atom. The molecule has 0 saturated carbocycles. The van der Waals surface area contributed by atoms with E-state index in [1.165, 1.54) is 0 Å². The molecule has 0 bridgehead atoms. The van der Waals surface area contributed by atoms with Crippen LogP contribution in [0.25, 0.3) is 10.8 Å². The highest BCUT2D eigenvalue weighted by atomic mass is 127. The maximum absolute atomic E-state index is 12.0. The zero-order chi connectivity index (χ0) is 19.8. The Morgan fingerprint density at radius 2 is 1.93 bits per heavy atom. The smallest absolute Gasteiger partial charge is 0.259 e. The Morgan fingerprint density at radius 3 is 2.71 bits per heavy atom. The molecule has 0 fully saturated rings. The first-order chi connectivity index (χ1) is 13.7. The highest BCUT2D eigenvalue weighted by molar-refractivity contribution is 14.1. The highest BCUT2D eigenvalue weighted by Gasteiger charge is 2.07. The molecule has 6 heteroatoms. The summed E-state index contributed by atoms with van der Waals surface area (Å²) in [5.41, 5.74) is 4.17. The van der Waals surface area contributed by atoms with Crippen LogP contribution in [0.2, 0.25) is 0 Å². The number of anilines is 1. The lowest BCUT2D eigenvalue weighted by atomic mass is 10.0. The number of nitrogens with zero attached hydrogens (tertiary/aromatic N) is 1. The Kier molecular flexibility index (Phi) is 6.87. The summed E-state index contributed by atoms with van der Waals surface area (Å²) >= 11 is 2.23. The van der Waals surface area contributed by atoms with Crippen molar-refractivity contribution in [3.8, 4) is 18.1 Å². The molecule has 3 rings (SSSR count). The van der Waals surface area contributed by atoms with Crippen LogP contribution >= 0.6 is 22.6 Å². The first-order valence-electron chi connectivity index (χ1n) is 8.57. The van der Waals surface area contributed by atoms with Gasteiger partial charge in [-0.25, -0.2) is 5.43 Å². The number of terminal acetylenes is 1. The molecule has 0 aromatic heterocycles. The van der Waals surface area contributed by atoms with Gasteiger partial charge in [0, 0.05) is 14.8 Å². The number of halogens is 1. The van der Waals surface area contributed by atoms with E-state index in [1.54, 1.807) is 6.21 Å². The number of fused-ring (bicyclic) bond motifs is 1. The minimum atomic E-state index is -0.249. The van der Waals surface area contributed by atoms with E-state index in [4.69, 9.17) is 11.2 Å². The summed E-state index contributed by atoms with van der Waals surface area (Å²) in [6, 6.07) is 19.5. The number of hydrogen-bond donors (Lipinski definition) is 2. The lowest BCUT2D eigenvalue weighted by molar-refractivity contribution is -0.119. The lowest BCUT2D eigenvalue weighted by Gasteiger charge is -2.10. The van der Waals surface area contributed by atoms with E-state index in [1.807, 2.05) is 60.7 Å². The molecule has 5 nitrogen and oxygen atoms in total. The van der Waals surface area contributed by atoms with Gasteiger partial charge < -0.3 is 10.1 Å². The number of carbonyl (C=O) groups excluding carboxylic acids is 1. The van der Waals surface area contributed by atoms with Crippen LogP contribution in [0.15, 0.2) is 65.8 Å². The second-order valence-electron chi connectivity index (χ2n) is 5.84. The monoisotopic (exact) mass is 483 g/mol. The fourth-order valence-corrected chi connectivity index (χ4v) is 2.97. The summed E-state index contributed by atoms with van der Waals surface area (Å²) in [5, 5.41) is 9.15. The molecular weight excluding hydrogens is 465 g/mol. The summed E-state index contributed by atoms with van der Waals surface area (Å²) in [7, 11) is 0. The highest BCUT2D eigenvalue weighted by Crippen LogP contribution is 2.26. The van der Waals surface area contributed by atoms with Crippen molar-refractivity contribution in [2.45, 2.75) is 0 Å². The van der Waals surface area contributed by atoms with Crippen LogP contribution in [0.5, 0.6) is 5.75 Å². The number of rotatable bonds is 7. The molecule has 140 valence electrons. The summed E-state index contributed by atoms with van der Waals surface area (Å²) in [6.45, 7) is 0.277. The van der Waals surface area contributed by atoms with Crippen LogP contribution in [0.1, 0.15) is 5.56 Å². The van der Waals surface area contributed by atoms with Gasteiger partial charge in [0.25, 0.3) is 5.91 Å². The molecule has 0 heterocycles. The molecule has 0 aliphatic rings. The van der Waals surface area contributed by atoms with Gasteiger partial charge in [0.2, 0.25) is 0 Å². The van der Waals surface area contributed by atoms with Gasteiger partial charge >= 0.3 is 0 Å². The van der Waals surface area contributed by atoms with E-state index in [9.17, 15) is 4.79 Å². The second kappa shape index (κ2) is 9.76. The number of hydrazone groups is 1. The average Bonchev–Trinajstić information content (AvgIpc) is 2.72. The van der Waals surface area contributed by atoms with Crippen molar-refractivity contribution in [2.24, 2.45) is 5.10 Å². The second-order valence-corrected chi connectivity index (χ2v) is 7.09. The topological polar surface area (TPSA) is 62.7 Å². The molecule has 0 saturated heterocycles. The Bertz CT molecular complexity index is 1040. The van der Waals surface area contributed by atoms with E-state index in [0.29, 0.717) is 5.75 Å². The molecular formula is C22H18IN3O2. The lowest BCUT2D eigenvalue weighted by Crippen LogP contribution is -2.25. The van der Waals surface area contributed by atoms with Crippen molar-refractivity contribution in [2.75, 3.05) is 18.5 Å². The zero-order valence-electron chi connectivity index (χ0n) is 15.0.